The molecule has 10 heteroatoms. The van der Waals surface area contributed by atoms with E-state index in [-0.39, 0.29) is 6.54 Å². The summed E-state index contributed by atoms with van der Waals surface area (Å²) in [6.07, 6.45) is 3.53. The van der Waals surface area contributed by atoms with Crippen LogP contribution in [0.25, 0.3) is 10.7 Å². The van der Waals surface area contributed by atoms with Gasteiger partial charge in [0.15, 0.2) is 5.82 Å². The van der Waals surface area contributed by atoms with Crippen molar-refractivity contribution in [1.29, 1.82) is 0 Å². The first-order valence-electron chi connectivity index (χ1n) is 8.78. The molecule has 0 N–H and O–H groups in total. The first-order valence-corrected chi connectivity index (χ1v) is 9.66. The van der Waals surface area contributed by atoms with Crippen molar-refractivity contribution in [3.8, 4) is 10.7 Å². The van der Waals surface area contributed by atoms with E-state index in [4.69, 9.17) is 13.4 Å². The molecule has 1 unspecified atom stereocenters. The fraction of sp³-hybridized carbons (Fsp3) is 0.158. The minimum Gasteiger partial charge on any atom is -0.467 e. The number of hydrogen-bond acceptors (Lipinski definition) is 8. The van der Waals surface area contributed by atoms with Crippen LogP contribution in [-0.4, -0.2) is 26.4 Å². The van der Waals surface area contributed by atoms with Gasteiger partial charge in [0.2, 0.25) is 0 Å². The Balaban J connectivity index is 1.48. The van der Waals surface area contributed by atoms with Crippen molar-refractivity contribution in [1.82, 2.24) is 14.7 Å². The lowest BCUT2D eigenvalue weighted by atomic mass is 10.1. The van der Waals surface area contributed by atoms with Crippen molar-refractivity contribution in [3.63, 3.8) is 0 Å². The first kappa shape index (κ1) is 17.4. The van der Waals surface area contributed by atoms with Gasteiger partial charge in [-0.1, -0.05) is 11.2 Å². The molecule has 0 radical (unpaired) electrons. The molecular formula is C19H14N4O5S. The highest BCUT2D eigenvalue weighted by Crippen LogP contribution is 2.33. The van der Waals surface area contributed by atoms with Gasteiger partial charge in [0, 0.05) is 6.42 Å². The fourth-order valence-electron chi connectivity index (χ4n) is 3.23. The normalized spacial score (nSPS) is 16.3. The van der Waals surface area contributed by atoms with Gasteiger partial charge in [0.1, 0.15) is 29.8 Å². The van der Waals surface area contributed by atoms with Gasteiger partial charge in [-0.2, -0.15) is 5.10 Å². The first-order chi connectivity index (χ1) is 14.2. The van der Waals surface area contributed by atoms with Crippen molar-refractivity contribution in [2.75, 3.05) is 0 Å². The second kappa shape index (κ2) is 7.06. The molecule has 0 aliphatic carbocycles. The molecule has 4 aromatic heterocycles. The van der Waals surface area contributed by atoms with Crippen LogP contribution in [0.1, 0.15) is 24.0 Å². The highest BCUT2D eigenvalue weighted by molar-refractivity contribution is 7.13. The summed E-state index contributed by atoms with van der Waals surface area (Å²) in [5, 5.41) is 11.4. The number of aromatic nitrogens is 2. The zero-order valence-electron chi connectivity index (χ0n) is 14.9. The number of hydrogen-bond donors (Lipinski definition) is 0. The number of thiophene rings is 1. The molecule has 0 bridgehead atoms. The lowest BCUT2D eigenvalue weighted by Crippen LogP contribution is -2.33. The highest BCUT2D eigenvalue weighted by Gasteiger charge is 2.36. The van der Waals surface area contributed by atoms with Crippen LogP contribution in [-0.2, 0) is 11.3 Å². The Morgan fingerprint density at radius 1 is 1.17 bits per heavy atom. The predicted molar refractivity (Wildman–Crippen MR) is 102 cm³/mol. The summed E-state index contributed by atoms with van der Waals surface area (Å²) in [7, 11) is 0. The monoisotopic (exact) mass is 410 g/mol. The smallest absolute Gasteiger partial charge is 0.442 e. The second-order valence-corrected chi connectivity index (χ2v) is 7.28. The van der Waals surface area contributed by atoms with E-state index < -0.39 is 17.7 Å². The highest BCUT2D eigenvalue weighted by atomic mass is 32.1. The molecule has 5 rings (SSSR count). The van der Waals surface area contributed by atoms with Crippen LogP contribution >= 0.6 is 11.3 Å². The Morgan fingerprint density at radius 2 is 2.03 bits per heavy atom. The molecule has 5 heterocycles. The summed E-state index contributed by atoms with van der Waals surface area (Å²) in [5.74, 6) is 0.391. The van der Waals surface area contributed by atoms with Crippen LogP contribution in [0.3, 0.4) is 0 Å². The molecule has 29 heavy (non-hydrogen) atoms. The molecule has 0 saturated heterocycles. The van der Waals surface area contributed by atoms with Crippen molar-refractivity contribution in [2.45, 2.75) is 19.0 Å². The zero-order chi connectivity index (χ0) is 19.8. The quantitative estimate of drug-likeness (QED) is 0.500. The van der Waals surface area contributed by atoms with Crippen molar-refractivity contribution in [3.05, 3.63) is 76.4 Å². The predicted octanol–water partition coefficient (Wildman–Crippen LogP) is 3.13. The summed E-state index contributed by atoms with van der Waals surface area (Å²) in [4.78, 5) is 26.0. The molecule has 0 aromatic carbocycles. The SMILES string of the molecule is O=C(Cn1c(-c2cccs2)noc1=O)N1N=C(c2ccco2)CC1c1ccco1. The number of carbonyl (C=O) groups is 1. The summed E-state index contributed by atoms with van der Waals surface area (Å²) >= 11 is 1.40. The molecule has 1 amide bonds. The van der Waals surface area contributed by atoms with Gasteiger partial charge in [-0.15, -0.1) is 11.3 Å². The van der Waals surface area contributed by atoms with Crippen LogP contribution in [0.15, 0.2) is 77.6 Å². The van der Waals surface area contributed by atoms with E-state index in [2.05, 4.69) is 10.3 Å². The van der Waals surface area contributed by atoms with Crippen molar-refractivity contribution < 1.29 is 18.2 Å². The minimum atomic E-state index is -0.703. The standard InChI is InChI=1S/C19H14N4O5S/c24-17(11-22-18(21-28-19(22)25)16-6-3-9-29-16)23-13(15-5-2-8-27-15)10-12(20-23)14-4-1-7-26-14/h1-9,13H,10-11H2. The molecule has 0 fully saturated rings. The Kier molecular flexibility index (Phi) is 4.24. The van der Waals surface area contributed by atoms with Crippen molar-refractivity contribution >= 4 is 23.0 Å². The van der Waals surface area contributed by atoms with E-state index >= 15 is 0 Å². The van der Waals surface area contributed by atoms with Gasteiger partial charge >= 0.3 is 5.76 Å². The third-order valence-corrected chi connectivity index (χ3v) is 5.43. The van der Waals surface area contributed by atoms with E-state index in [1.54, 1.807) is 42.9 Å². The van der Waals surface area contributed by atoms with Crippen LogP contribution in [0.4, 0.5) is 0 Å². The van der Waals surface area contributed by atoms with E-state index in [0.717, 1.165) is 4.88 Å². The molecular weight excluding hydrogens is 396 g/mol. The molecule has 4 aromatic rings. The summed E-state index contributed by atoms with van der Waals surface area (Å²) in [6, 6.07) is 10.3. The van der Waals surface area contributed by atoms with Gasteiger partial charge in [-0.25, -0.2) is 14.4 Å². The molecule has 146 valence electrons. The number of carbonyl (C=O) groups excluding carboxylic acids is 1. The Labute approximate surface area is 167 Å². The summed E-state index contributed by atoms with van der Waals surface area (Å²) in [5.41, 5.74) is 0.626. The van der Waals surface area contributed by atoms with Gasteiger partial charge in [0.05, 0.1) is 17.4 Å². The second-order valence-electron chi connectivity index (χ2n) is 6.33. The van der Waals surface area contributed by atoms with Crippen LogP contribution in [0.5, 0.6) is 0 Å². The van der Waals surface area contributed by atoms with Gasteiger partial charge in [0.25, 0.3) is 5.91 Å². The maximum Gasteiger partial charge on any atom is 0.442 e. The number of nitrogens with zero attached hydrogens (tertiary/aromatic N) is 4. The van der Waals surface area contributed by atoms with Gasteiger partial charge < -0.3 is 8.83 Å². The van der Waals surface area contributed by atoms with E-state index in [0.29, 0.717) is 29.5 Å². The summed E-state index contributed by atoms with van der Waals surface area (Å²) in [6.45, 7) is -0.262. The molecule has 9 nitrogen and oxygen atoms in total. The van der Waals surface area contributed by atoms with Crippen LogP contribution in [0, 0.1) is 0 Å². The minimum absolute atomic E-state index is 0.262. The summed E-state index contributed by atoms with van der Waals surface area (Å²) < 4.78 is 16.9. The Bertz CT molecular complexity index is 1200. The lowest BCUT2D eigenvalue weighted by molar-refractivity contribution is -0.134. The molecule has 1 aliphatic rings. The molecule has 1 atom stereocenters. The topological polar surface area (TPSA) is 107 Å². The number of rotatable bonds is 5. The Hall–Kier alpha value is -3.66. The maximum atomic E-state index is 13.1. The van der Waals surface area contributed by atoms with Crippen LogP contribution < -0.4 is 5.76 Å². The van der Waals surface area contributed by atoms with Crippen molar-refractivity contribution in [2.24, 2.45) is 5.10 Å². The Morgan fingerprint density at radius 3 is 2.76 bits per heavy atom. The third-order valence-electron chi connectivity index (χ3n) is 4.56. The lowest BCUT2D eigenvalue weighted by Gasteiger charge is -2.19. The van der Waals surface area contributed by atoms with E-state index in [1.165, 1.54) is 20.9 Å². The van der Waals surface area contributed by atoms with E-state index in [9.17, 15) is 9.59 Å². The van der Waals surface area contributed by atoms with Gasteiger partial charge in [-0.05, 0) is 35.7 Å². The van der Waals surface area contributed by atoms with Gasteiger partial charge in [-0.3, -0.25) is 9.32 Å². The molecule has 0 spiro atoms. The molecule has 1 aliphatic heterocycles. The molecule has 0 saturated carbocycles. The largest absolute Gasteiger partial charge is 0.467 e. The average molecular weight is 410 g/mol. The number of amides is 1. The third kappa shape index (κ3) is 3.13. The average Bonchev–Trinajstić information content (AvgIpc) is 3.52. The number of hydrazone groups is 1. The fourth-order valence-corrected chi connectivity index (χ4v) is 3.95. The maximum absolute atomic E-state index is 13.1. The number of furan rings is 2. The van der Waals surface area contributed by atoms with E-state index in [1.807, 2.05) is 11.4 Å². The van der Waals surface area contributed by atoms with Crippen LogP contribution in [0.2, 0.25) is 0 Å². The zero-order valence-corrected chi connectivity index (χ0v) is 15.7.